The maximum absolute atomic E-state index is 11.7. The summed E-state index contributed by atoms with van der Waals surface area (Å²) in [4.78, 5) is 11.7. The van der Waals surface area contributed by atoms with E-state index in [1.54, 1.807) is 19.2 Å². The van der Waals surface area contributed by atoms with Gasteiger partial charge in [-0.1, -0.05) is 17.7 Å². The Kier molecular flexibility index (Phi) is 4.02. The topological polar surface area (TPSA) is 38.3 Å². The zero-order valence-corrected chi connectivity index (χ0v) is 10.6. The van der Waals surface area contributed by atoms with Crippen LogP contribution >= 0.6 is 11.6 Å². The van der Waals surface area contributed by atoms with E-state index in [0.717, 1.165) is 5.56 Å². The van der Waals surface area contributed by atoms with Crippen LogP contribution in [0.1, 0.15) is 18.4 Å². The molecule has 1 saturated carbocycles. The molecule has 17 heavy (non-hydrogen) atoms. The van der Waals surface area contributed by atoms with Crippen LogP contribution in [0.4, 0.5) is 0 Å². The van der Waals surface area contributed by atoms with Gasteiger partial charge in [-0.15, -0.1) is 0 Å². The molecule has 0 saturated heterocycles. The molecule has 0 aromatic heterocycles. The highest BCUT2D eigenvalue weighted by atomic mass is 35.5. The average Bonchev–Trinajstić information content (AvgIpc) is 3.10. The van der Waals surface area contributed by atoms with E-state index >= 15 is 0 Å². The summed E-state index contributed by atoms with van der Waals surface area (Å²) in [7, 11) is 1.57. The van der Waals surface area contributed by atoms with Crippen molar-refractivity contribution in [1.82, 2.24) is 5.32 Å². The number of hydrogen-bond donors (Lipinski definition) is 1. The molecular weight excluding hydrogens is 238 g/mol. The van der Waals surface area contributed by atoms with Gasteiger partial charge in [0, 0.05) is 12.5 Å². The molecule has 0 atom stereocenters. The first-order valence-electron chi connectivity index (χ1n) is 5.76. The SMILES string of the molecule is COc1ccc(CC(=O)CNC2CC2)cc1Cl. The summed E-state index contributed by atoms with van der Waals surface area (Å²) in [5.41, 5.74) is 0.929. The highest BCUT2D eigenvalue weighted by molar-refractivity contribution is 6.32. The number of ether oxygens (including phenoxy) is 1. The molecular formula is C13H16ClNO2. The number of carbonyl (C=O) groups is 1. The summed E-state index contributed by atoms with van der Waals surface area (Å²) in [5, 5.41) is 3.76. The van der Waals surface area contributed by atoms with Crippen molar-refractivity contribution in [2.45, 2.75) is 25.3 Å². The van der Waals surface area contributed by atoms with Gasteiger partial charge in [0.25, 0.3) is 0 Å². The molecule has 1 aliphatic carbocycles. The van der Waals surface area contributed by atoms with Crippen LogP contribution in [0.5, 0.6) is 5.75 Å². The Labute approximate surface area is 106 Å². The first-order valence-corrected chi connectivity index (χ1v) is 6.14. The average molecular weight is 254 g/mol. The third-order valence-corrected chi connectivity index (χ3v) is 3.08. The number of ketones is 1. The zero-order chi connectivity index (χ0) is 12.3. The zero-order valence-electron chi connectivity index (χ0n) is 9.83. The van der Waals surface area contributed by atoms with Gasteiger partial charge < -0.3 is 10.1 Å². The molecule has 0 aliphatic heterocycles. The molecule has 0 amide bonds. The number of rotatable bonds is 6. The third kappa shape index (κ3) is 3.72. The van der Waals surface area contributed by atoms with Crippen molar-refractivity contribution < 1.29 is 9.53 Å². The normalized spacial score (nSPS) is 14.7. The Balaban J connectivity index is 1.88. The molecule has 0 spiro atoms. The van der Waals surface area contributed by atoms with Crippen molar-refractivity contribution in [1.29, 1.82) is 0 Å². The van der Waals surface area contributed by atoms with E-state index in [4.69, 9.17) is 16.3 Å². The van der Waals surface area contributed by atoms with Crippen LogP contribution in [0.15, 0.2) is 18.2 Å². The van der Waals surface area contributed by atoms with Crippen LogP contribution in [0, 0.1) is 0 Å². The second-order valence-electron chi connectivity index (χ2n) is 4.34. The second kappa shape index (κ2) is 5.52. The Hall–Kier alpha value is -1.06. The van der Waals surface area contributed by atoms with Gasteiger partial charge in [0.15, 0.2) is 5.78 Å². The quantitative estimate of drug-likeness (QED) is 0.845. The van der Waals surface area contributed by atoms with Crippen molar-refractivity contribution in [3.63, 3.8) is 0 Å². The summed E-state index contributed by atoms with van der Waals surface area (Å²) in [6.45, 7) is 0.453. The van der Waals surface area contributed by atoms with E-state index in [-0.39, 0.29) is 5.78 Å². The van der Waals surface area contributed by atoms with Gasteiger partial charge in [-0.2, -0.15) is 0 Å². The van der Waals surface area contributed by atoms with Gasteiger partial charge in [-0.3, -0.25) is 4.79 Å². The van der Waals surface area contributed by atoms with Gasteiger partial charge in [0.2, 0.25) is 0 Å². The second-order valence-corrected chi connectivity index (χ2v) is 4.75. The van der Waals surface area contributed by atoms with E-state index in [1.807, 2.05) is 6.07 Å². The smallest absolute Gasteiger partial charge is 0.150 e. The van der Waals surface area contributed by atoms with E-state index in [9.17, 15) is 4.79 Å². The minimum Gasteiger partial charge on any atom is -0.495 e. The number of nitrogens with one attached hydrogen (secondary N) is 1. The predicted molar refractivity (Wildman–Crippen MR) is 67.7 cm³/mol. The monoisotopic (exact) mass is 253 g/mol. The van der Waals surface area contributed by atoms with E-state index in [0.29, 0.717) is 29.8 Å². The van der Waals surface area contributed by atoms with Crippen molar-refractivity contribution in [3.8, 4) is 5.75 Å². The van der Waals surface area contributed by atoms with Crippen LogP contribution in [0.25, 0.3) is 0 Å². The number of methoxy groups -OCH3 is 1. The van der Waals surface area contributed by atoms with Gasteiger partial charge in [-0.25, -0.2) is 0 Å². The van der Waals surface area contributed by atoms with Gasteiger partial charge in [-0.05, 0) is 30.5 Å². The number of hydrogen-bond acceptors (Lipinski definition) is 3. The van der Waals surface area contributed by atoms with Crippen LogP contribution in [-0.4, -0.2) is 25.5 Å². The van der Waals surface area contributed by atoms with Gasteiger partial charge >= 0.3 is 0 Å². The third-order valence-electron chi connectivity index (χ3n) is 2.78. The number of carbonyl (C=O) groups excluding carboxylic acids is 1. The Morgan fingerprint density at radius 3 is 2.88 bits per heavy atom. The summed E-state index contributed by atoms with van der Waals surface area (Å²) in [6.07, 6.45) is 2.81. The van der Waals surface area contributed by atoms with Crippen molar-refractivity contribution in [2.24, 2.45) is 0 Å². The summed E-state index contributed by atoms with van der Waals surface area (Å²) in [5.74, 6) is 0.831. The molecule has 1 aliphatic rings. The van der Waals surface area contributed by atoms with Gasteiger partial charge in [0.1, 0.15) is 5.75 Å². The Morgan fingerprint density at radius 1 is 1.53 bits per heavy atom. The van der Waals surface area contributed by atoms with Crippen LogP contribution in [-0.2, 0) is 11.2 Å². The van der Waals surface area contributed by atoms with Crippen LogP contribution in [0.2, 0.25) is 5.02 Å². The van der Waals surface area contributed by atoms with Crippen molar-refractivity contribution in [2.75, 3.05) is 13.7 Å². The van der Waals surface area contributed by atoms with Crippen molar-refractivity contribution >= 4 is 17.4 Å². The Morgan fingerprint density at radius 2 is 2.29 bits per heavy atom. The maximum Gasteiger partial charge on any atom is 0.150 e. The first kappa shape index (κ1) is 12.4. The van der Waals surface area contributed by atoms with Crippen LogP contribution in [0.3, 0.4) is 0 Å². The molecule has 0 unspecified atom stereocenters. The fourth-order valence-electron chi connectivity index (χ4n) is 1.66. The summed E-state index contributed by atoms with van der Waals surface area (Å²) < 4.78 is 5.06. The number of benzene rings is 1. The molecule has 3 nitrogen and oxygen atoms in total. The molecule has 1 fully saturated rings. The fraction of sp³-hybridized carbons (Fsp3) is 0.462. The van der Waals surface area contributed by atoms with Crippen LogP contribution < -0.4 is 10.1 Å². The lowest BCUT2D eigenvalue weighted by Gasteiger charge is -2.06. The number of Topliss-reactive ketones (excluding diaryl/α,β-unsaturated/α-hetero) is 1. The highest BCUT2D eigenvalue weighted by Gasteiger charge is 2.21. The molecule has 4 heteroatoms. The maximum atomic E-state index is 11.7. The molecule has 92 valence electrons. The molecule has 1 aromatic carbocycles. The first-order chi connectivity index (χ1) is 8.19. The Bertz CT molecular complexity index is 416. The standard InChI is InChI=1S/C13H16ClNO2/c1-17-13-5-2-9(7-12(13)14)6-11(16)8-15-10-3-4-10/h2,5,7,10,15H,3-4,6,8H2,1H3. The lowest BCUT2D eigenvalue weighted by Crippen LogP contribution is -2.25. The fourth-order valence-corrected chi connectivity index (χ4v) is 1.94. The minimum absolute atomic E-state index is 0.193. The van der Waals surface area contributed by atoms with Crippen molar-refractivity contribution in [3.05, 3.63) is 28.8 Å². The number of halogens is 1. The molecule has 0 bridgehead atoms. The summed E-state index contributed by atoms with van der Waals surface area (Å²) >= 11 is 6.00. The lowest BCUT2D eigenvalue weighted by molar-refractivity contribution is -0.117. The van der Waals surface area contributed by atoms with E-state index < -0.39 is 0 Å². The minimum atomic E-state index is 0.193. The lowest BCUT2D eigenvalue weighted by atomic mass is 10.1. The van der Waals surface area contributed by atoms with E-state index in [1.165, 1.54) is 12.8 Å². The van der Waals surface area contributed by atoms with Gasteiger partial charge in [0.05, 0.1) is 18.7 Å². The molecule has 1 aromatic rings. The molecule has 0 heterocycles. The largest absolute Gasteiger partial charge is 0.495 e. The van der Waals surface area contributed by atoms with E-state index in [2.05, 4.69) is 5.32 Å². The summed E-state index contributed by atoms with van der Waals surface area (Å²) in [6, 6.07) is 6.02. The molecule has 2 rings (SSSR count). The molecule has 1 N–H and O–H groups in total. The predicted octanol–water partition coefficient (Wildman–Crippen LogP) is 2.21. The highest BCUT2D eigenvalue weighted by Crippen LogP contribution is 2.25. The molecule has 0 radical (unpaired) electrons.